The fraction of sp³-hybridized carbons (Fsp3) is 0.368. The number of aromatic nitrogens is 4. The quantitative estimate of drug-likeness (QED) is 0.747. The van der Waals surface area contributed by atoms with Crippen LogP contribution in [-0.2, 0) is 12.6 Å². The number of nitrogens with zero attached hydrogens (tertiary/aromatic N) is 4. The summed E-state index contributed by atoms with van der Waals surface area (Å²) in [6, 6.07) is 7.77. The molecule has 2 aromatic heterocycles. The number of carbonyl (C=O) groups is 1. The predicted octanol–water partition coefficient (Wildman–Crippen LogP) is 3.15. The monoisotopic (exact) mass is 369 g/mol. The van der Waals surface area contributed by atoms with Crippen molar-refractivity contribution >= 4 is 5.91 Å². The highest BCUT2D eigenvalue weighted by molar-refractivity contribution is 5.93. The van der Waals surface area contributed by atoms with Crippen LogP contribution in [0.3, 0.4) is 0 Å². The lowest BCUT2D eigenvalue weighted by molar-refractivity contribution is 0.0885. The summed E-state index contributed by atoms with van der Waals surface area (Å²) in [6.07, 6.45) is 2.24. The van der Waals surface area contributed by atoms with Crippen LogP contribution in [0.2, 0.25) is 0 Å². The second kappa shape index (κ2) is 6.29. The topological polar surface area (TPSA) is 85.8 Å². The van der Waals surface area contributed by atoms with Gasteiger partial charge in [0.2, 0.25) is 5.82 Å². The Morgan fingerprint density at radius 2 is 2.11 bits per heavy atom. The minimum atomic E-state index is -0.903. The minimum Gasteiger partial charge on any atom is -0.337 e. The molecule has 1 aliphatic rings. The van der Waals surface area contributed by atoms with E-state index >= 15 is 0 Å². The lowest BCUT2D eigenvalue weighted by Gasteiger charge is -2.21. The summed E-state index contributed by atoms with van der Waals surface area (Å²) in [7, 11) is 1.75. The van der Waals surface area contributed by atoms with Gasteiger partial charge in [-0.25, -0.2) is 4.39 Å². The van der Waals surface area contributed by atoms with Crippen molar-refractivity contribution < 1.29 is 13.7 Å². The van der Waals surface area contributed by atoms with Crippen molar-refractivity contribution in [1.82, 2.24) is 25.2 Å². The summed E-state index contributed by atoms with van der Waals surface area (Å²) in [5.41, 5.74) is 1.04. The van der Waals surface area contributed by atoms with E-state index in [-0.39, 0.29) is 23.4 Å². The number of halogens is 1. The Morgan fingerprint density at radius 3 is 2.81 bits per heavy atom. The summed E-state index contributed by atoms with van der Waals surface area (Å²) in [5.74, 6) is 0.320. The minimum absolute atomic E-state index is 0.236. The number of rotatable bonds is 5. The molecule has 3 aromatic rings. The van der Waals surface area contributed by atoms with Crippen LogP contribution in [0.15, 0.2) is 34.9 Å². The third kappa shape index (κ3) is 3.47. The van der Waals surface area contributed by atoms with Gasteiger partial charge in [0.25, 0.3) is 11.8 Å². The van der Waals surface area contributed by atoms with Gasteiger partial charge in [-0.2, -0.15) is 10.1 Å². The van der Waals surface area contributed by atoms with Gasteiger partial charge in [0.15, 0.2) is 0 Å². The number of carbonyl (C=O) groups excluding carboxylic acids is 1. The van der Waals surface area contributed by atoms with Crippen molar-refractivity contribution in [2.75, 3.05) is 0 Å². The summed E-state index contributed by atoms with van der Waals surface area (Å²) in [6.45, 7) is 3.54. The van der Waals surface area contributed by atoms with E-state index in [1.165, 1.54) is 12.1 Å². The fourth-order valence-electron chi connectivity index (χ4n) is 2.90. The first-order valence-electron chi connectivity index (χ1n) is 8.80. The summed E-state index contributed by atoms with van der Waals surface area (Å²) >= 11 is 0. The summed E-state index contributed by atoms with van der Waals surface area (Å²) in [4.78, 5) is 17.0. The molecule has 140 valence electrons. The highest BCUT2D eigenvalue weighted by atomic mass is 19.1. The molecule has 7 nitrogen and oxygen atoms in total. The zero-order chi connectivity index (χ0) is 19.2. The lowest BCUT2D eigenvalue weighted by Crippen LogP contribution is -2.42. The second-order valence-corrected chi connectivity index (χ2v) is 7.36. The molecule has 1 aliphatic carbocycles. The number of nitrogens with one attached hydrogen (secondary N) is 1. The molecular weight excluding hydrogens is 349 g/mol. The highest BCUT2D eigenvalue weighted by Crippen LogP contribution is 2.39. The number of aryl methyl sites for hydroxylation is 1. The molecule has 0 unspecified atom stereocenters. The molecule has 1 N–H and O–H groups in total. The third-order valence-electron chi connectivity index (χ3n) is 4.60. The Kier molecular flexibility index (Phi) is 4.05. The van der Waals surface area contributed by atoms with Crippen molar-refractivity contribution in [3.05, 3.63) is 53.4 Å². The Labute approximate surface area is 155 Å². The molecule has 4 rings (SSSR count). The standard InChI is InChI=1S/C19H20FN5O2/c1-19(2,18-21-16(24-27-18)12-5-4-6-13(20)9-12)22-17(26)15-10-14(11-7-8-11)23-25(15)3/h4-6,9-11H,7-8H2,1-3H3,(H,22,26). The van der Waals surface area contributed by atoms with Crippen LogP contribution in [-0.4, -0.2) is 25.8 Å². The number of benzene rings is 1. The van der Waals surface area contributed by atoms with Crippen LogP contribution in [0.25, 0.3) is 11.4 Å². The van der Waals surface area contributed by atoms with E-state index in [0.717, 1.165) is 18.5 Å². The zero-order valence-corrected chi connectivity index (χ0v) is 15.4. The predicted molar refractivity (Wildman–Crippen MR) is 95.4 cm³/mol. The van der Waals surface area contributed by atoms with Crippen LogP contribution in [0.1, 0.15) is 54.7 Å². The van der Waals surface area contributed by atoms with Crippen molar-refractivity contribution in [3.63, 3.8) is 0 Å². The van der Waals surface area contributed by atoms with E-state index in [9.17, 15) is 9.18 Å². The molecule has 27 heavy (non-hydrogen) atoms. The molecule has 0 bridgehead atoms. The normalized spacial score (nSPS) is 14.4. The molecule has 2 heterocycles. The molecule has 1 saturated carbocycles. The zero-order valence-electron chi connectivity index (χ0n) is 15.4. The van der Waals surface area contributed by atoms with E-state index in [2.05, 4.69) is 20.6 Å². The van der Waals surface area contributed by atoms with E-state index in [1.54, 1.807) is 37.7 Å². The van der Waals surface area contributed by atoms with Crippen LogP contribution >= 0.6 is 0 Å². The maximum atomic E-state index is 13.4. The van der Waals surface area contributed by atoms with Gasteiger partial charge in [-0.3, -0.25) is 9.48 Å². The maximum Gasteiger partial charge on any atom is 0.270 e. The average molecular weight is 369 g/mol. The Bertz CT molecular complexity index is 1000. The van der Waals surface area contributed by atoms with E-state index in [1.807, 2.05) is 6.07 Å². The molecule has 1 fully saturated rings. The molecule has 8 heteroatoms. The first kappa shape index (κ1) is 17.4. The molecule has 0 saturated heterocycles. The third-order valence-corrected chi connectivity index (χ3v) is 4.60. The Morgan fingerprint density at radius 1 is 1.33 bits per heavy atom. The maximum absolute atomic E-state index is 13.4. The highest BCUT2D eigenvalue weighted by Gasteiger charge is 2.33. The summed E-state index contributed by atoms with van der Waals surface area (Å²) < 4.78 is 20.3. The molecule has 0 atom stereocenters. The van der Waals surface area contributed by atoms with E-state index in [0.29, 0.717) is 17.2 Å². The lowest BCUT2D eigenvalue weighted by atomic mass is 10.1. The van der Waals surface area contributed by atoms with Gasteiger partial charge in [-0.15, -0.1) is 0 Å². The van der Waals surface area contributed by atoms with Gasteiger partial charge in [0.05, 0.1) is 5.69 Å². The first-order valence-corrected chi connectivity index (χ1v) is 8.80. The number of amides is 1. The molecule has 1 amide bonds. The van der Waals surface area contributed by atoms with Crippen LogP contribution in [0.5, 0.6) is 0 Å². The largest absolute Gasteiger partial charge is 0.337 e. The smallest absolute Gasteiger partial charge is 0.270 e. The van der Waals surface area contributed by atoms with Gasteiger partial charge >= 0.3 is 0 Å². The summed E-state index contributed by atoms with van der Waals surface area (Å²) in [5, 5.41) is 11.2. The molecule has 0 aliphatic heterocycles. The van der Waals surface area contributed by atoms with Crippen LogP contribution < -0.4 is 5.32 Å². The van der Waals surface area contributed by atoms with Gasteiger partial charge in [-0.05, 0) is 44.9 Å². The van der Waals surface area contributed by atoms with Crippen molar-refractivity contribution in [2.45, 2.75) is 38.1 Å². The molecule has 1 aromatic carbocycles. The van der Waals surface area contributed by atoms with Gasteiger partial charge < -0.3 is 9.84 Å². The van der Waals surface area contributed by atoms with Crippen molar-refractivity contribution in [2.24, 2.45) is 7.05 Å². The number of hydrogen-bond donors (Lipinski definition) is 1. The van der Waals surface area contributed by atoms with Gasteiger partial charge in [-0.1, -0.05) is 17.3 Å². The van der Waals surface area contributed by atoms with Gasteiger partial charge in [0.1, 0.15) is 17.1 Å². The SMILES string of the molecule is Cn1nc(C2CC2)cc1C(=O)NC(C)(C)c1nc(-c2cccc(F)c2)no1. The van der Waals surface area contributed by atoms with E-state index < -0.39 is 5.54 Å². The van der Waals surface area contributed by atoms with Crippen LogP contribution in [0.4, 0.5) is 4.39 Å². The molecule has 0 radical (unpaired) electrons. The second-order valence-electron chi connectivity index (χ2n) is 7.36. The Hall–Kier alpha value is -3.03. The van der Waals surface area contributed by atoms with Gasteiger partial charge in [0, 0.05) is 18.5 Å². The fourth-order valence-corrected chi connectivity index (χ4v) is 2.90. The number of hydrogen-bond acceptors (Lipinski definition) is 5. The van der Waals surface area contributed by atoms with Crippen LogP contribution in [0, 0.1) is 5.82 Å². The molecular formula is C19H20FN5O2. The van der Waals surface area contributed by atoms with E-state index in [4.69, 9.17) is 4.52 Å². The van der Waals surface area contributed by atoms with Crippen molar-refractivity contribution in [3.8, 4) is 11.4 Å². The molecule has 0 spiro atoms. The van der Waals surface area contributed by atoms with Crippen molar-refractivity contribution in [1.29, 1.82) is 0 Å². The Balaban J connectivity index is 1.54. The average Bonchev–Trinajstić information content (AvgIpc) is 3.18. The first-order chi connectivity index (χ1) is 12.8.